The molecule has 0 radical (unpaired) electrons. The number of rotatable bonds is 8. The van der Waals surface area contributed by atoms with Gasteiger partial charge in [-0.25, -0.2) is 12.8 Å². The van der Waals surface area contributed by atoms with Crippen LogP contribution in [-0.2, 0) is 21.4 Å². The predicted octanol–water partition coefficient (Wildman–Crippen LogP) is 4.37. The van der Waals surface area contributed by atoms with E-state index in [2.05, 4.69) is 5.32 Å². The molecule has 0 atom stereocenters. The van der Waals surface area contributed by atoms with Gasteiger partial charge in [-0.05, 0) is 67.3 Å². The van der Waals surface area contributed by atoms with Gasteiger partial charge in [-0.3, -0.25) is 9.10 Å². The van der Waals surface area contributed by atoms with Crippen LogP contribution in [-0.4, -0.2) is 27.1 Å². The van der Waals surface area contributed by atoms with E-state index in [4.69, 9.17) is 0 Å². The Kier molecular flexibility index (Phi) is 7.35. The summed E-state index contributed by atoms with van der Waals surface area (Å²) in [6, 6.07) is 19.3. The first-order valence-electron chi connectivity index (χ1n) is 9.54. The fourth-order valence-corrected chi connectivity index (χ4v) is 4.76. The van der Waals surface area contributed by atoms with Crippen molar-refractivity contribution >= 4 is 33.4 Å². The summed E-state index contributed by atoms with van der Waals surface area (Å²) >= 11 is 1.51. The zero-order chi connectivity index (χ0) is 22.4. The number of amides is 1. The molecular weight excluding hydrogens is 435 g/mol. The van der Waals surface area contributed by atoms with Crippen LogP contribution in [0.25, 0.3) is 0 Å². The maximum atomic E-state index is 13.4. The van der Waals surface area contributed by atoms with Crippen molar-refractivity contribution in [2.75, 3.05) is 17.1 Å². The number of carbonyl (C=O) groups is 1. The normalized spacial score (nSPS) is 11.2. The first kappa shape index (κ1) is 22.8. The van der Waals surface area contributed by atoms with E-state index in [0.717, 1.165) is 14.8 Å². The van der Waals surface area contributed by atoms with Crippen molar-refractivity contribution < 1.29 is 17.6 Å². The molecule has 3 aromatic rings. The number of nitrogens with one attached hydrogen (secondary N) is 1. The summed E-state index contributed by atoms with van der Waals surface area (Å²) in [5.74, 6) is -0.890. The number of aryl methyl sites for hydroxylation is 1. The highest BCUT2D eigenvalue weighted by Crippen LogP contribution is 2.25. The monoisotopic (exact) mass is 458 g/mol. The molecule has 162 valence electrons. The zero-order valence-corrected chi connectivity index (χ0v) is 18.8. The summed E-state index contributed by atoms with van der Waals surface area (Å²) < 4.78 is 41.2. The highest BCUT2D eigenvalue weighted by molar-refractivity contribution is 7.98. The van der Waals surface area contributed by atoms with E-state index in [1.54, 1.807) is 48.5 Å². The van der Waals surface area contributed by atoms with Crippen molar-refractivity contribution in [3.8, 4) is 0 Å². The van der Waals surface area contributed by atoms with Gasteiger partial charge in [0.1, 0.15) is 12.4 Å². The maximum Gasteiger partial charge on any atom is 0.264 e. The number of anilines is 1. The summed E-state index contributed by atoms with van der Waals surface area (Å²) in [5.41, 5.74) is 1.95. The minimum absolute atomic E-state index is 0.0980. The summed E-state index contributed by atoms with van der Waals surface area (Å²) in [4.78, 5) is 13.7. The van der Waals surface area contributed by atoms with Crippen molar-refractivity contribution in [1.82, 2.24) is 5.32 Å². The van der Waals surface area contributed by atoms with E-state index in [9.17, 15) is 17.6 Å². The zero-order valence-electron chi connectivity index (χ0n) is 17.2. The molecule has 0 fully saturated rings. The molecule has 0 unspecified atom stereocenters. The fourth-order valence-electron chi connectivity index (χ4n) is 2.93. The Balaban J connectivity index is 1.85. The molecule has 0 aliphatic heterocycles. The second kappa shape index (κ2) is 9.98. The molecule has 0 aliphatic rings. The van der Waals surface area contributed by atoms with Crippen molar-refractivity contribution in [2.24, 2.45) is 0 Å². The highest BCUT2D eigenvalue weighted by atomic mass is 32.2. The van der Waals surface area contributed by atoms with Gasteiger partial charge in [0.15, 0.2) is 0 Å². The van der Waals surface area contributed by atoms with E-state index >= 15 is 0 Å². The third kappa shape index (κ3) is 5.86. The number of hydrogen-bond donors (Lipinski definition) is 1. The topological polar surface area (TPSA) is 66.5 Å². The molecule has 0 saturated carbocycles. The lowest BCUT2D eigenvalue weighted by atomic mass is 10.2. The molecule has 1 N–H and O–H groups in total. The van der Waals surface area contributed by atoms with Crippen molar-refractivity contribution in [3.63, 3.8) is 0 Å². The molecule has 8 heteroatoms. The Morgan fingerprint density at radius 1 is 1.03 bits per heavy atom. The van der Waals surface area contributed by atoms with Crippen LogP contribution in [0.4, 0.5) is 10.1 Å². The van der Waals surface area contributed by atoms with Gasteiger partial charge in [0.05, 0.1) is 10.6 Å². The number of carbonyl (C=O) groups excluding carboxylic acids is 1. The first-order valence-corrected chi connectivity index (χ1v) is 12.2. The Bertz CT molecular complexity index is 1150. The number of sulfonamides is 1. The second-order valence-corrected chi connectivity index (χ2v) is 9.67. The quantitative estimate of drug-likeness (QED) is 0.509. The molecule has 0 saturated heterocycles. The van der Waals surface area contributed by atoms with Crippen LogP contribution in [0.3, 0.4) is 0 Å². The molecule has 0 aromatic heterocycles. The Labute approximate surface area is 186 Å². The van der Waals surface area contributed by atoms with Gasteiger partial charge in [-0.1, -0.05) is 29.8 Å². The van der Waals surface area contributed by atoms with E-state index in [1.165, 1.54) is 36.0 Å². The lowest BCUT2D eigenvalue weighted by Gasteiger charge is -2.24. The minimum Gasteiger partial charge on any atom is -0.350 e. The van der Waals surface area contributed by atoms with Crippen LogP contribution in [0.1, 0.15) is 11.1 Å². The maximum absolute atomic E-state index is 13.4. The van der Waals surface area contributed by atoms with Crippen molar-refractivity contribution in [2.45, 2.75) is 23.3 Å². The molecule has 5 nitrogen and oxygen atoms in total. The second-order valence-electron chi connectivity index (χ2n) is 6.93. The third-order valence-electron chi connectivity index (χ3n) is 4.64. The largest absolute Gasteiger partial charge is 0.350 e. The van der Waals surface area contributed by atoms with Crippen LogP contribution in [0, 0.1) is 12.7 Å². The lowest BCUT2D eigenvalue weighted by Crippen LogP contribution is -2.40. The number of nitrogens with zero attached hydrogens (tertiary/aromatic N) is 1. The summed E-state index contributed by atoms with van der Waals surface area (Å²) in [7, 11) is -3.97. The molecule has 0 aliphatic carbocycles. The molecular formula is C23H23FN2O3S2. The molecule has 0 spiro atoms. The van der Waals surface area contributed by atoms with Crippen LogP contribution in [0.5, 0.6) is 0 Å². The predicted molar refractivity (Wildman–Crippen MR) is 122 cm³/mol. The number of thioether (sulfide) groups is 1. The summed E-state index contributed by atoms with van der Waals surface area (Å²) in [6.07, 6.45) is 1.91. The van der Waals surface area contributed by atoms with Gasteiger partial charge in [0, 0.05) is 11.4 Å². The third-order valence-corrected chi connectivity index (χ3v) is 7.17. The number of halogens is 1. The SMILES string of the molecule is CSc1ccc(S(=O)(=O)N(CC(=O)NCc2cccc(F)c2)c2ccc(C)cc2)cc1. The van der Waals surface area contributed by atoms with E-state index in [1.807, 2.05) is 13.2 Å². The number of benzene rings is 3. The van der Waals surface area contributed by atoms with Gasteiger partial charge in [0.25, 0.3) is 10.0 Å². The average molecular weight is 459 g/mol. The molecule has 0 heterocycles. The standard InChI is InChI=1S/C23H23FN2O3S2/c1-17-6-8-20(9-7-17)26(31(28,29)22-12-10-21(30-2)11-13-22)16-23(27)25-15-18-4-3-5-19(24)14-18/h3-14H,15-16H2,1-2H3,(H,25,27). The van der Waals surface area contributed by atoms with Crippen LogP contribution in [0.2, 0.25) is 0 Å². The number of hydrogen-bond acceptors (Lipinski definition) is 4. The highest BCUT2D eigenvalue weighted by Gasteiger charge is 2.27. The van der Waals surface area contributed by atoms with E-state index in [-0.39, 0.29) is 11.4 Å². The molecule has 1 amide bonds. The van der Waals surface area contributed by atoms with E-state index < -0.39 is 28.3 Å². The Hall–Kier alpha value is -2.84. The van der Waals surface area contributed by atoms with Crippen LogP contribution >= 0.6 is 11.8 Å². The van der Waals surface area contributed by atoms with Gasteiger partial charge >= 0.3 is 0 Å². The fraction of sp³-hybridized carbons (Fsp3) is 0.174. The average Bonchev–Trinajstić information content (AvgIpc) is 2.77. The van der Waals surface area contributed by atoms with Gasteiger partial charge in [-0.15, -0.1) is 11.8 Å². The van der Waals surface area contributed by atoms with Gasteiger partial charge in [0.2, 0.25) is 5.91 Å². The Morgan fingerprint density at radius 2 is 1.71 bits per heavy atom. The smallest absolute Gasteiger partial charge is 0.264 e. The van der Waals surface area contributed by atoms with Crippen LogP contribution in [0.15, 0.2) is 82.6 Å². The molecule has 3 rings (SSSR count). The lowest BCUT2D eigenvalue weighted by molar-refractivity contribution is -0.119. The van der Waals surface area contributed by atoms with Gasteiger partial charge in [-0.2, -0.15) is 0 Å². The summed E-state index contributed by atoms with van der Waals surface area (Å²) in [5, 5.41) is 2.66. The molecule has 31 heavy (non-hydrogen) atoms. The molecule has 3 aromatic carbocycles. The van der Waals surface area contributed by atoms with Crippen LogP contribution < -0.4 is 9.62 Å². The first-order chi connectivity index (χ1) is 14.8. The van der Waals surface area contributed by atoms with Crippen molar-refractivity contribution in [3.05, 3.63) is 89.7 Å². The van der Waals surface area contributed by atoms with Gasteiger partial charge < -0.3 is 5.32 Å². The summed E-state index contributed by atoms with van der Waals surface area (Å²) in [6.45, 7) is 1.60. The Morgan fingerprint density at radius 3 is 2.32 bits per heavy atom. The molecule has 0 bridgehead atoms. The minimum atomic E-state index is -3.97. The van der Waals surface area contributed by atoms with Crippen molar-refractivity contribution in [1.29, 1.82) is 0 Å². The van der Waals surface area contributed by atoms with E-state index in [0.29, 0.717) is 11.3 Å².